The molecule has 0 radical (unpaired) electrons. The van der Waals surface area contributed by atoms with E-state index in [9.17, 15) is 28.8 Å². The molecular weight excluding hydrogens is 532 g/mol. The highest BCUT2D eigenvalue weighted by Crippen LogP contribution is 2.26. The number of methoxy groups -OCH3 is 2. The Kier molecular flexibility index (Phi) is 12.2. The fourth-order valence-corrected chi connectivity index (χ4v) is 4.18. The number of likely N-dealkylation sites (tertiary alicyclic amines) is 2. The van der Waals surface area contributed by atoms with Crippen LogP contribution in [0.15, 0.2) is 0 Å². The summed E-state index contributed by atoms with van der Waals surface area (Å²) >= 11 is 0. The van der Waals surface area contributed by atoms with E-state index in [1.54, 1.807) is 41.5 Å². The summed E-state index contributed by atoms with van der Waals surface area (Å²) in [4.78, 5) is 72.0. The van der Waals surface area contributed by atoms with Gasteiger partial charge in [0.1, 0.15) is 11.2 Å². The van der Waals surface area contributed by atoms with Gasteiger partial charge in [0.05, 0.1) is 37.9 Å². The van der Waals surface area contributed by atoms with E-state index in [2.05, 4.69) is 9.47 Å². The van der Waals surface area contributed by atoms with Crippen molar-refractivity contribution in [1.29, 1.82) is 0 Å². The predicted octanol–water partition coefficient (Wildman–Crippen LogP) is 2.23. The number of esters is 2. The highest BCUT2D eigenvalue weighted by atomic mass is 16.6. The van der Waals surface area contributed by atoms with Gasteiger partial charge in [-0.05, 0) is 54.4 Å². The standard InChI is InChI=1S/2C13H21NO6/c2*1-13(2,3)20-12(18)14-6-8(10(15)16)5-9(7-14)11(17)19-4/h2*8-9H,5-7H2,1-4H3,(H,15,16)/t2*8-,9+/m10/s1. The molecule has 14 heteroatoms. The molecule has 2 heterocycles. The van der Waals surface area contributed by atoms with E-state index < -0.39 is 70.9 Å². The average molecular weight is 575 g/mol. The van der Waals surface area contributed by atoms with E-state index >= 15 is 0 Å². The monoisotopic (exact) mass is 574 g/mol. The number of rotatable bonds is 4. The zero-order valence-electron chi connectivity index (χ0n) is 24.4. The molecule has 228 valence electrons. The number of piperidine rings is 2. The summed E-state index contributed by atoms with van der Waals surface area (Å²) < 4.78 is 19.7. The smallest absolute Gasteiger partial charge is 0.410 e. The molecular formula is C26H42N2O12. The molecule has 4 atom stereocenters. The second-order valence-corrected chi connectivity index (χ2v) is 11.8. The highest BCUT2D eigenvalue weighted by molar-refractivity contribution is 5.79. The molecule has 0 aromatic carbocycles. The van der Waals surface area contributed by atoms with Gasteiger partial charge in [0.25, 0.3) is 0 Å². The Morgan fingerprint density at radius 1 is 0.575 bits per heavy atom. The number of carbonyl (C=O) groups excluding carboxylic acids is 4. The van der Waals surface area contributed by atoms with Gasteiger partial charge in [-0.3, -0.25) is 19.2 Å². The second-order valence-electron chi connectivity index (χ2n) is 11.8. The van der Waals surface area contributed by atoms with E-state index in [1.807, 2.05) is 0 Å². The van der Waals surface area contributed by atoms with E-state index in [1.165, 1.54) is 24.0 Å². The van der Waals surface area contributed by atoms with Crippen LogP contribution >= 0.6 is 0 Å². The maximum atomic E-state index is 12.0. The summed E-state index contributed by atoms with van der Waals surface area (Å²) in [5.41, 5.74) is -1.35. The van der Waals surface area contributed by atoms with Crippen molar-refractivity contribution in [3.05, 3.63) is 0 Å². The average Bonchev–Trinajstić information content (AvgIpc) is 2.85. The molecule has 14 nitrogen and oxygen atoms in total. The fourth-order valence-electron chi connectivity index (χ4n) is 4.18. The summed E-state index contributed by atoms with van der Waals surface area (Å²) in [6.07, 6.45) is -0.891. The molecule has 2 N–H and O–H groups in total. The van der Waals surface area contributed by atoms with Crippen molar-refractivity contribution in [3.63, 3.8) is 0 Å². The number of nitrogens with zero attached hydrogens (tertiary/aromatic N) is 2. The number of hydrogen-bond acceptors (Lipinski definition) is 10. The summed E-state index contributed by atoms with van der Waals surface area (Å²) in [6, 6.07) is 0. The first-order valence-corrected chi connectivity index (χ1v) is 12.8. The van der Waals surface area contributed by atoms with Crippen molar-refractivity contribution < 1.29 is 57.9 Å². The van der Waals surface area contributed by atoms with Gasteiger partial charge in [-0.15, -0.1) is 0 Å². The first-order valence-electron chi connectivity index (χ1n) is 12.8. The third-order valence-corrected chi connectivity index (χ3v) is 5.97. The molecule has 0 bridgehead atoms. The van der Waals surface area contributed by atoms with Crippen molar-refractivity contribution in [2.45, 2.75) is 65.6 Å². The summed E-state index contributed by atoms with van der Waals surface area (Å²) in [6.45, 7) is 10.7. The Morgan fingerprint density at radius 3 is 1.07 bits per heavy atom. The molecule has 0 aromatic rings. The minimum atomic E-state index is -1.04. The number of carbonyl (C=O) groups is 6. The molecule has 2 rings (SSSR count). The van der Waals surface area contributed by atoms with Crippen LogP contribution in [0.3, 0.4) is 0 Å². The normalized spacial score (nSPS) is 23.1. The third kappa shape index (κ3) is 11.3. The minimum absolute atomic E-state index is 0.0394. The van der Waals surface area contributed by atoms with Gasteiger partial charge < -0.3 is 39.0 Å². The fraction of sp³-hybridized carbons (Fsp3) is 0.769. The summed E-state index contributed by atoms with van der Waals surface area (Å²) in [5.74, 6) is -5.95. The summed E-state index contributed by atoms with van der Waals surface area (Å²) in [5, 5.41) is 18.2. The number of carboxylic acid groups (broad SMARTS) is 2. The number of hydrogen-bond donors (Lipinski definition) is 2. The quantitative estimate of drug-likeness (QED) is 0.369. The van der Waals surface area contributed by atoms with E-state index in [0.717, 1.165) is 0 Å². The van der Waals surface area contributed by atoms with Crippen LogP contribution in [0.1, 0.15) is 54.4 Å². The lowest BCUT2D eigenvalue weighted by molar-refractivity contribution is -0.153. The lowest BCUT2D eigenvalue weighted by atomic mass is 9.89. The molecule has 2 saturated heterocycles. The Morgan fingerprint density at radius 2 is 0.850 bits per heavy atom. The van der Waals surface area contributed by atoms with Crippen molar-refractivity contribution in [2.24, 2.45) is 23.7 Å². The third-order valence-electron chi connectivity index (χ3n) is 5.97. The Bertz CT molecular complexity index is 876. The van der Waals surface area contributed by atoms with Gasteiger partial charge in [-0.2, -0.15) is 0 Å². The topological polar surface area (TPSA) is 186 Å². The van der Waals surface area contributed by atoms with Gasteiger partial charge in [0.15, 0.2) is 0 Å². The second kappa shape index (κ2) is 14.2. The minimum Gasteiger partial charge on any atom is -0.481 e. The van der Waals surface area contributed by atoms with Crippen molar-refractivity contribution >= 4 is 36.1 Å². The SMILES string of the molecule is COC(=O)[C@@H]1C[C@H](C(=O)O)CN(C(=O)OC(C)(C)C)C1.COC(=O)[C@H]1C[C@@H](C(=O)O)CN(C(=O)OC(C)(C)C)C1. The highest BCUT2D eigenvalue weighted by Gasteiger charge is 2.40. The molecule has 0 spiro atoms. The van der Waals surface area contributed by atoms with Crippen LogP contribution in [0.2, 0.25) is 0 Å². The first-order chi connectivity index (χ1) is 18.3. The van der Waals surface area contributed by atoms with Crippen LogP contribution < -0.4 is 0 Å². The van der Waals surface area contributed by atoms with Crippen LogP contribution in [0.25, 0.3) is 0 Å². The first kappa shape index (κ1) is 34.4. The van der Waals surface area contributed by atoms with Gasteiger partial charge in [0.2, 0.25) is 0 Å². The molecule has 0 aliphatic carbocycles. The van der Waals surface area contributed by atoms with Crippen molar-refractivity contribution in [1.82, 2.24) is 9.80 Å². The van der Waals surface area contributed by atoms with E-state index in [0.29, 0.717) is 0 Å². The van der Waals surface area contributed by atoms with Gasteiger partial charge in [-0.1, -0.05) is 0 Å². The van der Waals surface area contributed by atoms with Crippen molar-refractivity contribution in [3.8, 4) is 0 Å². The molecule has 40 heavy (non-hydrogen) atoms. The lowest BCUT2D eigenvalue weighted by Gasteiger charge is -2.35. The summed E-state index contributed by atoms with van der Waals surface area (Å²) in [7, 11) is 2.48. The molecule has 2 amide bonds. The van der Waals surface area contributed by atoms with Crippen LogP contribution in [-0.4, -0.2) is 108 Å². The number of aliphatic carboxylic acids is 2. The van der Waals surface area contributed by atoms with Crippen LogP contribution in [0.4, 0.5) is 9.59 Å². The zero-order chi connectivity index (χ0) is 31.0. The molecule has 2 aliphatic heterocycles. The zero-order valence-corrected chi connectivity index (χ0v) is 24.4. The van der Waals surface area contributed by atoms with Gasteiger partial charge >= 0.3 is 36.1 Å². The lowest BCUT2D eigenvalue weighted by Crippen LogP contribution is -2.49. The molecule has 2 fully saturated rings. The molecule has 0 aromatic heterocycles. The predicted molar refractivity (Wildman–Crippen MR) is 138 cm³/mol. The van der Waals surface area contributed by atoms with E-state index in [-0.39, 0.29) is 39.0 Å². The van der Waals surface area contributed by atoms with Crippen LogP contribution in [0, 0.1) is 23.7 Å². The van der Waals surface area contributed by atoms with E-state index in [4.69, 9.17) is 19.7 Å². The Hall–Kier alpha value is -3.58. The number of ether oxygens (including phenoxy) is 4. The molecule has 0 unspecified atom stereocenters. The van der Waals surface area contributed by atoms with Crippen LogP contribution in [0.5, 0.6) is 0 Å². The van der Waals surface area contributed by atoms with Crippen LogP contribution in [-0.2, 0) is 38.1 Å². The van der Waals surface area contributed by atoms with Crippen molar-refractivity contribution in [2.75, 3.05) is 40.4 Å². The Labute approximate surface area is 233 Å². The molecule has 0 saturated carbocycles. The van der Waals surface area contributed by atoms with Gasteiger partial charge in [0, 0.05) is 26.2 Å². The number of carboxylic acids is 2. The van der Waals surface area contributed by atoms with Gasteiger partial charge in [-0.25, -0.2) is 9.59 Å². The Balaban J connectivity index is 0.000000400. The largest absolute Gasteiger partial charge is 0.481 e. The number of amides is 2. The maximum absolute atomic E-state index is 12.0. The maximum Gasteiger partial charge on any atom is 0.410 e. The molecule has 2 aliphatic rings.